The number of carbonyl (C=O) groups excluding carboxylic acids is 1. The predicted molar refractivity (Wildman–Crippen MR) is 71.5 cm³/mol. The van der Waals surface area contributed by atoms with Crippen LogP contribution in [0.15, 0.2) is 0 Å². The van der Waals surface area contributed by atoms with Gasteiger partial charge in [0, 0.05) is 31.5 Å². The van der Waals surface area contributed by atoms with E-state index < -0.39 is 5.97 Å². The number of rotatable bonds is 4. The third-order valence-electron chi connectivity index (χ3n) is 4.49. The fourth-order valence-corrected chi connectivity index (χ4v) is 3.22. The summed E-state index contributed by atoms with van der Waals surface area (Å²) in [5.41, 5.74) is 5.86. The molecule has 2 fully saturated rings. The normalized spacial score (nSPS) is 31.4. The summed E-state index contributed by atoms with van der Waals surface area (Å²) in [6, 6.07) is 0.269. The lowest BCUT2D eigenvalue weighted by Gasteiger charge is -2.28. The quantitative estimate of drug-likeness (QED) is 0.803. The molecule has 1 aliphatic heterocycles. The molecule has 1 unspecified atom stereocenters. The first-order valence-electron chi connectivity index (χ1n) is 7.32. The van der Waals surface area contributed by atoms with Crippen molar-refractivity contribution in [3.05, 3.63) is 0 Å². The number of carbonyl (C=O) groups is 2. The zero-order valence-electron chi connectivity index (χ0n) is 11.4. The van der Waals surface area contributed by atoms with Gasteiger partial charge in [0.05, 0.1) is 0 Å². The molecule has 0 radical (unpaired) electrons. The monoisotopic (exact) mass is 268 g/mol. The molecule has 1 saturated carbocycles. The van der Waals surface area contributed by atoms with E-state index in [4.69, 9.17) is 10.8 Å². The van der Waals surface area contributed by atoms with E-state index in [0.29, 0.717) is 12.3 Å². The summed E-state index contributed by atoms with van der Waals surface area (Å²) in [7, 11) is 0. The molecule has 3 N–H and O–H groups in total. The van der Waals surface area contributed by atoms with Gasteiger partial charge in [-0.15, -0.1) is 0 Å². The van der Waals surface area contributed by atoms with Gasteiger partial charge in [-0.1, -0.05) is 0 Å². The van der Waals surface area contributed by atoms with E-state index in [2.05, 4.69) is 0 Å². The molecule has 5 heteroatoms. The van der Waals surface area contributed by atoms with E-state index in [1.165, 1.54) is 0 Å². The molecule has 1 amide bonds. The molecular formula is C14H24N2O3. The summed E-state index contributed by atoms with van der Waals surface area (Å²) in [4.78, 5) is 24.9. The Hall–Kier alpha value is -1.10. The standard InChI is InChI=1S/C14H24N2O3/c15-12-4-2-11(3-5-12)14(19)16-8-7-10(9-16)1-6-13(17)18/h10-12H,1-9,15H2,(H,17,18). The van der Waals surface area contributed by atoms with Crippen molar-refractivity contribution < 1.29 is 14.7 Å². The van der Waals surface area contributed by atoms with Gasteiger partial charge in [0.15, 0.2) is 0 Å². The van der Waals surface area contributed by atoms with Gasteiger partial charge in [0.2, 0.25) is 5.91 Å². The molecule has 1 heterocycles. The maximum atomic E-state index is 12.4. The lowest BCUT2D eigenvalue weighted by atomic mass is 9.85. The van der Waals surface area contributed by atoms with Crippen molar-refractivity contribution in [1.29, 1.82) is 0 Å². The molecular weight excluding hydrogens is 244 g/mol. The van der Waals surface area contributed by atoms with Crippen molar-refractivity contribution in [2.75, 3.05) is 13.1 Å². The fourth-order valence-electron chi connectivity index (χ4n) is 3.22. The highest BCUT2D eigenvalue weighted by molar-refractivity contribution is 5.79. The van der Waals surface area contributed by atoms with Crippen LogP contribution in [-0.4, -0.2) is 41.0 Å². The van der Waals surface area contributed by atoms with Crippen molar-refractivity contribution >= 4 is 11.9 Å². The van der Waals surface area contributed by atoms with Crippen LogP contribution < -0.4 is 5.73 Å². The number of carboxylic acid groups (broad SMARTS) is 1. The van der Waals surface area contributed by atoms with Gasteiger partial charge in [0.25, 0.3) is 0 Å². The smallest absolute Gasteiger partial charge is 0.303 e. The topological polar surface area (TPSA) is 83.6 Å². The predicted octanol–water partition coefficient (Wildman–Crippen LogP) is 1.22. The van der Waals surface area contributed by atoms with Crippen molar-refractivity contribution in [1.82, 2.24) is 4.90 Å². The van der Waals surface area contributed by atoms with E-state index in [1.807, 2.05) is 4.90 Å². The van der Waals surface area contributed by atoms with Crippen LogP contribution >= 0.6 is 0 Å². The van der Waals surface area contributed by atoms with Gasteiger partial charge in [-0.05, 0) is 44.4 Å². The van der Waals surface area contributed by atoms with E-state index in [9.17, 15) is 9.59 Å². The Bertz CT molecular complexity index is 338. The Morgan fingerprint density at radius 3 is 2.47 bits per heavy atom. The van der Waals surface area contributed by atoms with E-state index >= 15 is 0 Å². The number of carboxylic acids is 1. The summed E-state index contributed by atoms with van der Waals surface area (Å²) >= 11 is 0. The third-order valence-corrected chi connectivity index (χ3v) is 4.49. The lowest BCUT2D eigenvalue weighted by Crippen LogP contribution is -2.38. The van der Waals surface area contributed by atoms with Gasteiger partial charge >= 0.3 is 5.97 Å². The van der Waals surface area contributed by atoms with Crippen LogP contribution in [-0.2, 0) is 9.59 Å². The summed E-state index contributed by atoms with van der Waals surface area (Å²) in [6.07, 6.45) is 5.58. The molecule has 0 bridgehead atoms. The second-order valence-corrected chi connectivity index (χ2v) is 5.98. The van der Waals surface area contributed by atoms with Crippen LogP contribution in [0, 0.1) is 11.8 Å². The van der Waals surface area contributed by atoms with Gasteiger partial charge in [-0.3, -0.25) is 9.59 Å². The zero-order valence-corrected chi connectivity index (χ0v) is 11.4. The SMILES string of the molecule is NC1CCC(C(=O)N2CCC(CCC(=O)O)C2)CC1. The minimum atomic E-state index is -0.744. The number of hydrogen-bond donors (Lipinski definition) is 2. The Labute approximate surface area is 114 Å². The fraction of sp³-hybridized carbons (Fsp3) is 0.857. The highest BCUT2D eigenvalue weighted by Crippen LogP contribution is 2.28. The van der Waals surface area contributed by atoms with Gasteiger partial charge < -0.3 is 15.7 Å². The molecule has 0 spiro atoms. The molecule has 1 aliphatic carbocycles. The number of amides is 1. The zero-order chi connectivity index (χ0) is 13.8. The number of nitrogens with two attached hydrogens (primary N) is 1. The van der Waals surface area contributed by atoms with Crippen LogP contribution in [0.25, 0.3) is 0 Å². The minimum Gasteiger partial charge on any atom is -0.481 e. The number of nitrogens with zero attached hydrogens (tertiary/aromatic N) is 1. The number of likely N-dealkylation sites (tertiary alicyclic amines) is 1. The first-order valence-corrected chi connectivity index (χ1v) is 7.32. The van der Waals surface area contributed by atoms with Crippen LogP contribution in [0.5, 0.6) is 0 Å². The molecule has 1 saturated heterocycles. The average Bonchev–Trinajstić information content (AvgIpc) is 2.85. The molecule has 19 heavy (non-hydrogen) atoms. The largest absolute Gasteiger partial charge is 0.481 e. The van der Waals surface area contributed by atoms with Crippen LogP contribution in [0.2, 0.25) is 0 Å². The van der Waals surface area contributed by atoms with E-state index in [-0.39, 0.29) is 24.3 Å². The molecule has 2 rings (SSSR count). The van der Waals surface area contributed by atoms with Crippen molar-refractivity contribution in [3.63, 3.8) is 0 Å². The number of aliphatic carboxylic acids is 1. The molecule has 2 aliphatic rings. The first kappa shape index (κ1) is 14.3. The molecule has 5 nitrogen and oxygen atoms in total. The van der Waals surface area contributed by atoms with Crippen molar-refractivity contribution in [3.8, 4) is 0 Å². The molecule has 0 aromatic heterocycles. The highest BCUT2D eigenvalue weighted by Gasteiger charge is 2.32. The molecule has 1 atom stereocenters. The summed E-state index contributed by atoms with van der Waals surface area (Å²) in [5.74, 6) is 0.0414. The lowest BCUT2D eigenvalue weighted by molar-refractivity contribution is -0.137. The second-order valence-electron chi connectivity index (χ2n) is 5.98. The Balaban J connectivity index is 1.76. The Morgan fingerprint density at radius 1 is 1.16 bits per heavy atom. The van der Waals surface area contributed by atoms with Gasteiger partial charge in [-0.25, -0.2) is 0 Å². The first-order chi connectivity index (χ1) is 9.06. The van der Waals surface area contributed by atoms with Crippen LogP contribution in [0.1, 0.15) is 44.9 Å². The third kappa shape index (κ3) is 3.93. The maximum Gasteiger partial charge on any atom is 0.303 e. The minimum absolute atomic E-state index is 0.151. The second kappa shape index (κ2) is 6.37. The van der Waals surface area contributed by atoms with Crippen molar-refractivity contribution in [2.24, 2.45) is 17.6 Å². The van der Waals surface area contributed by atoms with E-state index in [1.54, 1.807) is 0 Å². The van der Waals surface area contributed by atoms with Crippen LogP contribution in [0.3, 0.4) is 0 Å². The molecule has 0 aromatic rings. The highest BCUT2D eigenvalue weighted by atomic mass is 16.4. The molecule has 0 aromatic carbocycles. The number of hydrogen-bond acceptors (Lipinski definition) is 3. The van der Waals surface area contributed by atoms with E-state index in [0.717, 1.165) is 45.2 Å². The Morgan fingerprint density at radius 2 is 1.84 bits per heavy atom. The van der Waals surface area contributed by atoms with Crippen LogP contribution in [0.4, 0.5) is 0 Å². The summed E-state index contributed by atoms with van der Waals surface area (Å²) < 4.78 is 0. The summed E-state index contributed by atoms with van der Waals surface area (Å²) in [5, 5.41) is 8.69. The van der Waals surface area contributed by atoms with Gasteiger partial charge in [-0.2, -0.15) is 0 Å². The maximum absolute atomic E-state index is 12.4. The average molecular weight is 268 g/mol. The molecule has 108 valence electrons. The van der Waals surface area contributed by atoms with Gasteiger partial charge in [0.1, 0.15) is 0 Å². The summed E-state index contributed by atoms with van der Waals surface area (Å²) in [6.45, 7) is 1.54. The Kier molecular flexibility index (Phi) is 4.80. The van der Waals surface area contributed by atoms with Crippen molar-refractivity contribution in [2.45, 2.75) is 51.0 Å².